The van der Waals surface area contributed by atoms with E-state index in [9.17, 15) is 9.18 Å². The Morgan fingerprint density at radius 2 is 2.11 bits per heavy atom. The molecule has 0 unspecified atom stereocenters. The molecule has 1 aromatic rings. The fourth-order valence-electron chi connectivity index (χ4n) is 1.47. The van der Waals surface area contributed by atoms with Crippen molar-refractivity contribution in [1.29, 1.82) is 0 Å². The van der Waals surface area contributed by atoms with Gasteiger partial charge in [0, 0.05) is 18.0 Å². The number of hydrogen-bond acceptors (Lipinski definition) is 3. The highest BCUT2D eigenvalue weighted by molar-refractivity contribution is 5.69. The maximum absolute atomic E-state index is 13.2. The zero-order valence-electron chi connectivity index (χ0n) is 10.9. The number of nitrogens with one attached hydrogen (secondary N) is 1. The third-order valence-corrected chi connectivity index (χ3v) is 2.46. The average Bonchev–Trinajstić information content (AvgIpc) is 2.33. The van der Waals surface area contributed by atoms with Crippen LogP contribution in [0, 0.1) is 5.82 Å². The van der Waals surface area contributed by atoms with E-state index in [-0.39, 0.29) is 18.4 Å². The molecule has 3 nitrogen and oxygen atoms in total. The van der Waals surface area contributed by atoms with Crippen LogP contribution >= 0.6 is 0 Å². The van der Waals surface area contributed by atoms with Gasteiger partial charge in [-0.3, -0.25) is 4.79 Å². The van der Waals surface area contributed by atoms with Crippen LogP contribution in [0.15, 0.2) is 24.3 Å². The predicted molar refractivity (Wildman–Crippen MR) is 68.6 cm³/mol. The second-order valence-corrected chi connectivity index (χ2v) is 4.46. The molecule has 1 rings (SSSR count). The first-order valence-corrected chi connectivity index (χ1v) is 6.22. The fourth-order valence-corrected chi connectivity index (χ4v) is 1.47. The predicted octanol–water partition coefficient (Wildman–Crippen LogP) is 2.65. The summed E-state index contributed by atoms with van der Waals surface area (Å²) >= 11 is 0. The van der Waals surface area contributed by atoms with Crippen molar-refractivity contribution in [3.05, 3.63) is 35.6 Å². The molecule has 0 spiro atoms. The van der Waals surface area contributed by atoms with E-state index in [1.807, 2.05) is 0 Å². The Balaban J connectivity index is 2.19. The standard InChI is InChI=1S/C14H20FNO2/c1-11(2)16-9-5-8-14(17)18-10-12-6-3-4-7-13(12)15/h3-4,6-7,11,16H,5,8-10H2,1-2H3. The summed E-state index contributed by atoms with van der Waals surface area (Å²) < 4.78 is 18.2. The van der Waals surface area contributed by atoms with Crippen LogP contribution in [0.5, 0.6) is 0 Å². The molecular formula is C14H20FNO2. The molecule has 18 heavy (non-hydrogen) atoms. The highest BCUT2D eigenvalue weighted by Gasteiger charge is 2.06. The largest absolute Gasteiger partial charge is 0.461 e. The lowest BCUT2D eigenvalue weighted by Crippen LogP contribution is -2.24. The first-order valence-electron chi connectivity index (χ1n) is 6.22. The Hall–Kier alpha value is -1.42. The summed E-state index contributed by atoms with van der Waals surface area (Å²) in [7, 11) is 0. The number of benzene rings is 1. The number of ether oxygens (including phenoxy) is 1. The van der Waals surface area contributed by atoms with Gasteiger partial charge in [0.1, 0.15) is 12.4 Å². The number of esters is 1. The minimum atomic E-state index is -0.341. The van der Waals surface area contributed by atoms with Crippen molar-refractivity contribution < 1.29 is 13.9 Å². The smallest absolute Gasteiger partial charge is 0.306 e. The molecule has 0 aromatic heterocycles. The normalized spacial score (nSPS) is 10.7. The molecule has 0 heterocycles. The third kappa shape index (κ3) is 5.77. The van der Waals surface area contributed by atoms with E-state index in [1.54, 1.807) is 18.2 Å². The van der Waals surface area contributed by atoms with Gasteiger partial charge in [-0.1, -0.05) is 32.0 Å². The van der Waals surface area contributed by atoms with Gasteiger partial charge in [0.05, 0.1) is 0 Å². The molecule has 0 aliphatic carbocycles. The molecule has 0 radical (unpaired) electrons. The molecular weight excluding hydrogens is 233 g/mol. The van der Waals surface area contributed by atoms with E-state index in [1.165, 1.54) is 6.07 Å². The van der Waals surface area contributed by atoms with Gasteiger partial charge in [-0.25, -0.2) is 4.39 Å². The molecule has 0 fully saturated rings. The Morgan fingerprint density at radius 3 is 2.78 bits per heavy atom. The maximum atomic E-state index is 13.2. The van der Waals surface area contributed by atoms with Gasteiger partial charge in [0.2, 0.25) is 0 Å². The number of halogens is 1. The van der Waals surface area contributed by atoms with Crippen molar-refractivity contribution in [3.63, 3.8) is 0 Å². The molecule has 1 aromatic carbocycles. The number of carbonyl (C=O) groups is 1. The topological polar surface area (TPSA) is 38.3 Å². The summed E-state index contributed by atoms with van der Waals surface area (Å²) in [5, 5.41) is 3.22. The highest BCUT2D eigenvalue weighted by atomic mass is 19.1. The van der Waals surface area contributed by atoms with Crippen LogP contribution in [-0.4, -0.2) is 18.6 Å². The molecule has 0 saturated heterocycles. The van der Waals surface area contributed by atoms with Gasteiger partial charge < -0.3 is 10.1 Å². The SMILES string of the molecule is CC(C)NCCCC(=O)OCc1ccccc1F. The Labute approximate surface area is 107 Å². The molecule has 0 aliphatic rings. The zero-order valence-corrected chi connectivity index (χ0v) is 10.9. The van der Waals surface area contributed by atoms with E-state index in [2.05, 4.69) is 19.2 Å². The number of hydrogen-bond donors (Lipinski definition) is 1. The van der Waals surface area contributed by atoms with Crippen LogP contribution in [0.25, 0.3) is 0 Å². The highest BCUT2D eigenvalue weighted by Crippen LogP contribution is 2.08. The minimum absolute atomic E-state index is 0.00309. The van der Waals surface area contributed by atoms with Crippen LogP contribution in [0.2, 0.25) is 0 Å². The Kier molecular flexibility index (Phi) is 6.36. The van der Waals surface area contributed by atoms with Gasteiger partial charge >= 0.3 is 5.97 Å². The van der Waals surface area contributed by atoms with Crippen molar-refractivity contribution in [2.24, 2.45) is 0 Å². The molecule has 0 atom stereocenters. The summed E-state index contributed by atoms with van der Waals surface area (Å²) in [4.78, 5) is 11.4. The first kappa shape index (κ1) is 14.6. The van der Waals surface area contributed by atoms with Crippen molar-refractivity contribution in [2.45, 2.75) is 39.3 Å². The Morgan fingerprint density at radius 1 is 1.39 bits per heavy atom. The van der Waals surface area contributed by atoms with Crippen LogP contribution in [0.3, 0.4) is 0 Å². The maximum Gasteiger partial charge on any atom is 0.306 e. The monoisotopic (exact) mass is 253 g/mol. The van der Waals surface area contributed by atoms with Crippen LogP contribution < -0.4 is 5.32 Å². The summed E-state index contributed by atoms with van der Waals surface area (Å²) in [6.45, 7) is 4.89. The molecule has 0 bridgehead atoms. The number of carbonyl (C=O) groups excluding carboxylic acids is 1. The second kappa shape index (κ2) is 7.82. The van der Waals surface area contributed by atoms with Crippen molar-refractivity contribution in [3.8, 4) is 0 Å². The van der Waals surface area contributed by atoms with Gasteiger partial charge in [0.25, 0.3) is 0 Å². The lowest BCUT2D eigenvalue weighted by molar-refractivity contribution is -0.145. The van der Waals surface area contributed by atoms with Crippen molar-refractivity contribution in [1.82, 2.24) is 5.32 Å². The molecule has 100 valence electrons. The Bertz CT molecular complexity index is 380. The van der Waals surface area contributed by atoms with E-state index in [4.69, 9.17) is 4.74 Å². The zero-order chi connectivity index (χ0) is 13.4. The lowest BCUT2D eigenvalue weighted by Gasteiger charge is -2.08. The molecule has 4 heteroatoms. The summed E-state index contributed by atoms with van der Waals surface area (Å²) in [6.07, 6.45) is 1.09. The van der Waals surface area contributed by atoms with Gasteiger partial charge in [-0.15, -0.1) is 0 Å². The molecule has 0 amide bonds. The average molecular weight is 253 g/mol. The van der Waals surface area contributed by atoms with E-state index in [0.29, 0.717) is 18.0 Å². The van der Waals surface area contributed by atoms with Crippen LogP contribution in [0.4, 0.5) is 4.39 Å². The number of rotatable bonds is 7. The van der Waals surface area contributed by atoms with Crippen molar-refractivity contribution in [2.75, 3.05) is 6.54 Å². The summed E-state index contributed by atoms with van der Waals surface area (Å²) in [6, 6.07) is 6.72. The van der Waals surface area contributed by atoms with Gasteiger partial charge in [-0.05, 0) is 19.0 Å². The van der Waals surface area contributed by atoms with Gasteiger partial charge in [-0.2, -0.15) is 0 Å². The van der Waals surface area contributed by atoms with Crippen LogP contribution in [0.1, 0.15) is 32.3 Å². The third-order valence-electron chi connectivity index (χ3n) is 2.46. The van der Waals surface area contributed by atoms with E-state index in [0.717, 1.165) is 13.0 Å². The summed E-state index contributed by atoms with van der Waals surface area (Å²) in [5.41, 5.74) is 0.408. The van der Waals surface area contributed by atoms with E-state index < -0.39 is 0 Å². The van der Waals surface area contributed by atoms with Crippen molar-refractivity contribution >= 4 is 5.97 Å². The quantitative estimate of drug-likeness (QED) is 0.599. The fraction of sp³-hybridized carbons (Fsp3) is 0.500. The van der Waals surface area contributed by atoms with E-state index >= 15 is 0 Å². The molecule has 1 N–H and O–H groups in total. The molecule has 0 saturated carbocycles. The molecule has 0 aliphatic heterocycles. The summed E-state index contributed by atoms with van der Waals surface area (Å²) in [5.74, 6) is -0.629. The first-order chi connectivity index (χ1) is 8.59. The minimum Gasteiger partial charge on any atom is -0.461 e. The lowest BCUT2D eigenvalue weighted by atomic mass is 10.2. The van der Waals surface area contributed by atoms with Gasteiger partial charge in [0.15, 0.2) is 0 Å². The second-order valence-electron chi connectivity index (χ2n) is 4.46. The van der Waals surface area contributed by atoms with Crippen LogP contribution in [-0.2, 0) is 16.1 Å².